The molecule has 1 aliphatic heterocycles. The highest BCUT2D eigenvalue weighted by molar-refractivity contribution is 6.68. The predicted octanol–water partition coefficient (Wildman–Crippen LogP) is 3.03. The number of halogens is 2. The van der Waals surface area contributed by atoms with E-state index in [0.29, 0.717) is 11.0 Å². The van der Waals surface area contributed by atoms with Gasteiger partial charge in [-0.15, -0.1) is 9.74 Å². The quantitative estimate of drug-likeness (QED) is 0.830. The Morgan fingerprint density at radius 3 is 2.88 bits per heavy atom. The van der Waals surface area contributed by atoms with E-state index in [0.717, 1.165) is 16.7 Å². The Balaban J connectivity index is 2.19. The number of hydrazone groups is 1. The normalized spacial score (nSPS) is 14.9. The molecule has 0 radical (unpaired) electrons. The molecule has 0 aromatic heterocycles. The Morgan fingerprint density at radius 2 is 2.18 bits per heavy atom. The van der Waals surface area contributed by atoms with Crippen LogP contribution >= 0.6 is 23.4 Å². The van der Waals surface area contributed by atoms with Gasteiger partial charge in [0.25, 0.3) is 0 Å². The Labute approximate surface area is 110 Å². The lowest BCUT2D eigenvalue weighted by atomic mass is 10.1. The van der Waals surface area contributed by atoms with Crippen molar-refractivity contribution in [1.29, 1.82) is 0 Å². The molecule has 0 unspecified atom stereocenters. The van der Waals surface area contributed by atoms with Crippen LogP contribution in [0.3, 0.4) is 0 Å². The van der Waals surface area contributed by atoms with Crippen LogP contribution in [-0.2, 0) is 6.42 Å². The molecule has 1 aliphatic rings. The largest absolute Gasteiger partial charge is 0.340 e. The molecular formula is C11H12Cl2N4. The second kappa shape index (κ2) is 5.29. The Bertz CT molecular complexity index is 470. The summed E-state index contributed by atoms with van der Waals surface area (Å²) in [7, 11) is 0. The number of benzene rings is 1. The van der Waals surface area contributed by atoms with E-state index in [1.165, 1.54) is 5.56 Å². The number of hydrazine groups is 1. The monoisotopic (exact) mass is 270 g/mol. The highest BCUT2D eigenvalue weighted by Crippen LogP contribution is 2.18. The van der Waals surface area contributed by atoms with Gasteiger partial charge in [0, 0.05) is 11.8 Å². The number of nitrogens with one attached hydrogen (secondary N) is 2. The molecule has 17 heavy (non-hydrogen) atoms. The zero-order valence-electron chi connectivity index (χ0n) is 9.24. The molecule has 1 aromatic rings. The van der Waals surface area contributed by atoms with Crippen LogP contribution in [0.4, 0.5) is 5.69 Å². The fourth-order valence-corrected chi connectivity index (χ4v) is 1.94. The lowest BCUT2D eigenvalue weighted by Gasteiger charge is -2.21. The molecule has 6 heteroatoms. The zero-order chi connectivity index (χ0) is 12.3. The van der Waals surface area contributed by atoms with Gasteiger partial charge in [-0.25, -0.2) is 0 Å². The average molecular weight is 271 g/mol. The van der Waals surface area contributed by atoms with Gasteiger partial charge in [0.15, 0.2) is 5.17 Å². The number of anilines is 1. The SMILES string of the molecule is CCc1ccccc1NC1=CC(Cl)=NN(Cl)N1. The zero-order valence-corrected chi connectivity index (χ0v) is 10.8. The fourth-order valence-electron chi connectivity index (χ4n) is 1.55. The molecule has 2 N–H and O–H groups in total. The third kappa shape index (κ3) is 3.05. The van der Waals surface area contributed by atoms with E-state index >= 15 is 0 Å². The first-order valence-electron chi connectivity index (χ1n) is 5.22. The van der Waals surface area contributed by atoms with E-state index in [9.17, 15) is 0 Å². The summed E-state index contributed by atoms with van der Waals surface area (Å²) in [6, 6.07) is 8.05. The second-order valence-corrected chi connectivity index (χ2v) is 4.20. The van der Waals surface area contributed by atoms with Crippen molar-refractivity contribution in [2.75, 3.05) is 5.32 Å². The first kappa shape index (κ1) is 12.1. The predicted molar refractivity (Wildman–Crippen MR) is 71.6 cm³/mol. The molecule has 90 valence electrons. The maximum Gasteiger partial charge on any atom is 0.156 e. The van der Waals surface area contributed by atoms with Gasteiger partial charge < -0.3 is 5.32 Å². The van der Waals surface area contributed by atoms with E-state index in [-0.39, 0.29) is 0 Å². The van der Waals surface area contributed by atoms with E-state index in [2.05, 4.69) is 28.8 Å². The van der Waals surface area contributed by atoms with Gasteiger partial charge in [-0.2, -0.15) is 0 Å². The minimum Gasteiger partial charge on any atom is -0.340 e. The first-order valence-corrected chi connectivity index (χ1v) is 5.94. The van der Waals surface area contributed by atoms with Crippen LogP contribution in [0.2, 0.25) is 0 Å². The molecule has 4 nitrogen and oxygen atoms in total. The van der Waals surface area contributed by atoms with Gasteiger partial charge in [-0.3, -0.25) is 5.43 Å². The molecule has 0 fully saturated rings. The Morgan fingerprint density at radius 1 is 1.41 bits per heavy atom. The van der Waals surface area contributed by atoms with Crippen molar-refractivity contribution in [1.82, 2.24) is 10.1 Å². The summed E-state index contributed by atoms with van der Waals surface area (Å²) < 4.78 is 1.04. The van der Waals surface area contributed by atoms with Crippen molar-refractivity contribution in [3.05, 3.63) is 41.7 Å². The summed E-state index contributed by atoms with van der Waals surface area (Å²) in [4.78, 5) is 0. The van der Waals surface area contributed by atoms with E-state index in [1.54, 1.807) is 6.08 Å². The number of hydrogen-bond donors (Lipinski definition) is 2. The topological polar surface area (TPSA) is 39.7 Å². The molecule has 0 bridgehead atoms. The maximum absolute atomic E-state index is 5.81. The van der Waals surface area contributed by atoms with Crippen molar-refractivity contribution in [3.8, 4) is 0 Å². The summed E-state index contributed by atoms with van der Waals surface area (Å²) in [5.41, 5.74) is 5.06. The number of para-hydroxylation sites is 1. The molecule has 0 aliphatic carbocycles. The first-order chi connectivity index (χ1) is 8.19. The summed E-state index contributed by atoms with van der Waals surface area (Å²) in [6.07, 6.45) is 2.62. The lowest BCUT2D eigenvalue weighted by Crippen LogP contribution is -2.32. The molecule has 0 saturated heterocycles. The van der Waals surface area contributed by atoms with Crippen LogP contribution in [0, 0.1) is 0 Å². The van der Waals surface area contributed by atoms with Gasteiger partial charge in [0.05, 0.1) is 11.8 Å². The maximum atomic E-state index is 5.81. The summed E-state index contributed by atoms with van der Waals surface area (Å²) in [5, 5.41) is 7.31. The van der Waals surface area contributed by atoms with E-state index in [4.69, 9.17) is 23.4 Å². The van der Waals surface area contributed by atoms with Gasteiger partial charge in [0.2, 0.25) is 0 Å². The summed E-state index contributed by atoms with van der Waals surface area (Å²) >= 11 is 11.5. The van der Waals surface area contributed by atoms with E-state index < -0.39 is 0 Å². The van der Waals surface area contributed by atoms with Crippen molar-refractivity contribution in [2.45, 2.75) is 13.3 Å². The molecule has 0 saturated carbocycles. The summed E-state index contributed by atoms with van der Waals surface area (Å²) in [5.74, 6) is 0.681. The number of aryl methyl sites for hydroxylation is 1. The second-order valence-electron chi connectivity index (χ2n) is 3.49. The Hall–Kier alpha value is -1.39. The van der Waals surface area contributed by atoms with Gasteiger partial charge in [0.1, 0.15) is 5.82 Å². The lowest BCUT2D eigenvalue weighted by molar-refractivity contribution is 0.396. The van der Waals surface area contributed by atoms with Crippen molar-refractivity contribution >= 4 is 34.2 Å². The fraction of sp³-hybridized carbons (Fsp3) is 0.182. The Kier molecular flexibility index (Phi) is 3.76. The minimum absolute atomic E-state index is 0.315. The van der Waals surface area contributed by atoms with Crippen LogP contribution in [0.1, 0.15) is 12.5 Å². The van der Waals surface area contributed by atoms with Crippen LogP contribution < -0.4 is 10.7 Å². The van der Waals surface area contributed by atoms with Crippen LogP contribution in [0.15, 0.2) is 41.3 Å². The van der Waals surface area contributed by atoms with Crippen LogP contribution in [-0.4, -0.2) is 9.81 Å². The molecule has 1 heterocycles. The number of rotatable bonds is 3. The summed E-state index contributed by atoms with van der Waals surface area (Å²) in [6.45, 7) is 2.10. The number of nitrogens with zero attached hydrogens (tertiary/aromatic N) is 2. The van der Waals surface area contributed by atoms with Crippen LogP contribution in [0.5, 0.6) is 0 Å². The highest BCUT2D eigenvalue weighted by Gasteiger charge is 2.10. The van der Waals surface area contributed by atoms with Gasteiger partial charge >= 0.3 is 0 Å². The molecular weight excluding hydrogens is 259 g/mol. The standard InChI is InChI=1S/C11H12Cl2N4/c1-2-8-5-3-4-6-9(8)14-11-7-10(12)15-17(13)16-11/h3-7,14,16H,2H2,1H3. The molecule has 2 rings (SSSR count). The third-order valence-corrected chi connectivity index (χ3v) is 2.67. The number of hydrogen-bond acceptors (Lipinski definition) is 4. The van der Waals surface area contributed by atoms with Gasteiger partial charge in [-0.05, 0) is 18.1 Å². The third-order valence-electron chi connectivity index (χ3n) is 2.33. The van der Waals surface area contributed by atoms with Crippen molar-refractivity contribution in [2.24, 2.45) is 5.10 Å². The van der Waals surface area contributed by atoms with Crippen molar-refractivity contribution in [3.63, 3.8) is 0 Å². The molecule has 0 atom stereocenters. The number of allylic oxidation sites excluding steroid dienone is 1. The molecule has 0 amide bonds. The smallest absolute Gasteiger partial charge is 0.156 e. The van der Waals surface area contributed by atoms with Crippen molar-refractivity contribution < 1.29 is 0 Å². The average Bonchev–Trinajstić information content (AvgIpc) is 2.28. The molecule has 0 spiro atoms. The highest BCUT2D eigenvalue weighted by atomic mass is 35.5. The van der Waals surface area contributed by atoms with Crippen LogP contribution in [0.25, 0.3) is 0 Å². The van der Waals surface area contributed by atoms with Gasteiger partial charge in [-0.1, -0.05) is 36.7 Å². The minimum atomic E-state index is 0.315. The molecule has 1 aromatic carbocycles. The van der Waals surface area contributed by atoms with E-state index in [1.807, 2.05) is 18.2 Å².